The third-order valence-corrected chi connectivity index (χ3v) is 6.13. The fourth-order valence-corrected chi connectivity index (χ4v) is 4.11. The molecule has 1 aliphatic carbocycles. The number of benzene rings is 2. The molecule has 0 aliphatic heterocycles. The number of ether oxygens (including phenoxy) is 1. The first-order valence-electron chi connectivity index (χ1n) is 10.4. The summed E-state index contributed by atoms with van der Waals surface area (Å²) in [4.78, 5) is 41.5. The summed E-state index contributed by atoms with van der Waals surface area (Å²) < 4.78 is 6.01. The van der Waals surface area contributed by atoms with Gasteiger partial charge in [0.15, 0.2) is 16.6 Å². The molecule has 2 aromatic heterocycles. The molecule has 0 spiro atoms. The number of rotatable bonds is 7. The van der Waals surface area contributed by atoms with Crippen LogP contribution in [0.15, 0.2) is 54.6 Å². The lowest BCUT2D eigenvalue weighted by Gasteiger charge is -2.10. The molecule has 0 saturated heterocycles. The molecule has 1 saturated carbocycles. The van der Waals surface area contributed by atoms with Crippen LogP contribution < -0.4 is 10.6 Å². The van der Waals surface area contributed by atoms with Crippen molar-refractivity contribution in [3.05, 3.63) is 71.3 Å². The summed E-state index contributed by atoms with van der Waals surface area (Å²) in [6, 6.07) is 15.5. The molecule has 2 amide bonds. The topological polar surface area (TPSA) is 126 Å². The summed E-state index contributed by atoms with van der Waals surface area (Å²) in [7, 11) is 0. The number of fused-ring (bicyclic) bond motifs is 1. The summed E-state index contributed by atoms with van der Waals surface area (Å²) in [5, 5.41) is 12.9. The molecule has 4 aromatic rings. The Bertz CT molecular complexity index is 1340. The lowest BCUT2D eigenvalue weighted by molar-refractivity contribution is -0.117. The molecule has 10 heteroatoms. The minimum Gasteiger partial charge on any atom is -0.457 e. The van der Waals surface area contributed by atoms with Gasteiger partial charge in [-0.1, -0.05) is 47.7 Å². The van der Waals surface area contributed by atoms with Crippen LogP contribution >= 0.6 is 11.3 Å². The number of aromatic nitrogens is 3. The minimum atomic E-state index is -0.467. The molecular weight excluding hydrogens is 442 g/mol. The lowest BCUT2D eigenvalue weighted by atomic mass is 10.1. The lowest BCUT2D eigenvalue weighted by Crippen LogP contribution is -2.16. The molecule has 0 atom stereocenters. The van der Waals surface area contributed by atoms with Gasteiger partial charge < -0.3 is 15.4 Å². The summed E-state index contributed by atoms with van der Waals surface area (Å²) in [5.41, 5.74) is 1.84. The molecule has 1 fully saturated rings. The largest absolute Gasteiger partial charge is 0.457 e. The van der Waals surface area contributed by atoms with Crippen molar-refractivity contribution in [1.29, 1.82) is 0 Å². The van der Waals surface area contributed by atoms with Crippen molar-refractivity contribution in [2.24, 2.45) is 5.92 Å². The van der Waals surface area contributed by atoms with E-state index < -0.39 is 11.9 Å². The van der Waals surface area contributed by atoms with Crippen LogP contribution in [0.5, 0.6) is 0 Å². The maximum atomic E-state index is 13.0. The van der Waals surface area contributed by atoms with Crippen molar-refractivity contribution in [2.45, 2.75) is 19.4 Å². The molecule has 166 valence electrons. The number of H-pyrrole nitrogens is 1. The van der Waals surface area contributed by atoms with E-state index in [1.54, 1.807) is 48.5 Å². The van der Waals surface area contributed by atoms with Gasteiger partial charge in [-0.25, -0.2) is 9.78 Å². The fraction of sp³-hybridized carbons (Fsp3) is 0.174. The van der Waals surface area contributed by atoms with E-state index in [9.17, 15) is 14.4 Å². The van der Waals surface area contributed by atoms with E-state index in [1.807, 2.05) is 6.07 Å². The van der Waals surface area contributed by atoms with Crippen LogP contribution in [0.4, 0.5) is 10.9 Å². The second-order valence-corrected chi connectivity index (χ2v) is 8.58. The molecule has 0 bridgehead atoms. The number of nitrogens with one attached hydrogen (secondary N) is 3. The Hall–Kier alpha value is -4.05. The quantitative estimate of drug-likeness (QED) is 0.358. The van der Waals surface area contributed by atoms with Crippen molar-refractivity contribution in [1.82, 2.24) is 15.2 Å². The number of esters is 1. The van der Waals surface area contributed by atoms with Gasteiger partial charge in [0.2, 0.25) is 5.91 Å². The van der Waals surface area contributed by atoms with Gasteiger partial charge in [-0.3, -0.25) is 14.7 Å². The van der Waals surface area contributed by atoms with Crippen LogP contribution in [-0.4, -0.2) is 33.0 Å². The van der Waals surface area contributed by atoms with Crippen LogP contribution in [0.3, 0.4) is 0 Å². The van der Waals surface area contributed by atoms with E-state index >= 15 is 0 Å². The molecule has 33 heavy (non-hydrogen) atoms. The number of hydrogen-bond acceptors (Lipinski definition) is 7. The van der Waals surface area contributed by atoms with Gasteiger partial charge in [0.1, 0.15) is 11.3 Å². The van der Waals surface area contributed by atoms with E-state index in [2.05, 4.69) is 25.8 Å². The van der Waals surface area contributed by atoms with E-state index in [4.69, 9.17) is 4.74 Å². The number of amides is 2. The average molecular weight is 462 g/mol. The van der Waals surface area contributed by atoms with E-state index in [1.165, 1.54) is 11.3 Å². The minimum absolute atomic E-state index is 0.0380. The number of nitrogens with zero attached hydrogens (tertiary/aromatic N) is 2. The highest BCUT2D eigenvalue weighted by molar-refractivity contribution is 7.22. The van der Waals surface area contributed by atoms with Crippen LogP contribution in [-0.2, 0) is 16.1 Å². The second kappa shape index (κ2) is 8.83. The van der Waals surface area contributed by atoms with Gasteiger partial charge in [-0.15, -0.1) is 0 Å². The first kappa shape index (κ1) is 20.8. The van der Waals surface area contributed by atoms with Gasteiger partial charge in [-0.05, 0) is 31.0 Å². The highest BCUT2D eigenvalue weighted by Gasteiger charge is 2.30. The molecule has 2 heterocycles. The molecule has 1 aliphatic rings. The van der Waals surface area contributed by atoms with Gasteiger partial charge in [0.05, 0.1) is 5.56 Å². The predicted molar refractivity (Wildman–Crippen MR) is 123 cm³/mol. The monoisotopic (exact) mass is 461 g/mol. The molecular formula is C23H19N5O4S. The van der Waals surface area contributed by atoms with E-state index in [-0.39, 0.29) is 18.4 Å². The molecule has 5 rings (SSSR count). The maximum absolute atomic E-state index is 13.0. The van der Waals surface area contributed by atoms with Crippen molar-refractivity contribution < 1.29 is 19.1 Å². The zero-order chi connectivity index (χ0) is 22.8. The smallest absolute Gasteiger partial charge is 0.338 e. The number of carbonyl (C=O) groups is 3. The normalized spacial score (nSPS) is 13.0. The maximum Gasteiger partial charge on any atom is 0.338 e. The predicted octanol–water partition coefficient (Wildman–Crippen LogP) is 3.98. The fourth-order valence-electron chi connectivity index (χ4n) is 3.25. The Balaban J connectivity index is 1.29. The Morgan fingerprint density at radius 2 is 1.79 bits per heavy atom. The van der Waals surface area contributed by atoms with Crippen molar-refractivity contribution in [2.75, 3.05) is 10.6 Å². The van der Waals surface area contributed by atoms with Crippen molar-refractivity contribution >= 4 is 50.4 Å². The number of hydrogen-bond donors (Lipinski definition) is 3. The van der Waals surface area contributed by atoms with Crippen molar-refractivity contribution in [3.8, 4) is 0 Å². The third-order valence-electron chi connectivity index (χ3n) is 5.16. The van der Waals surface area contributed by atoms with Gasteiger partial charge in [0.25, 0.3) is 5.91 Å². The number of thiazole rings is 1. The van der Waals surface area contributed by atoms with E-state index in [0.29, 0.717) is 38.0 Å². The SMILES string of the molecule is O=C(OCc1ccccc1C(=O)Nc1n[nH]c2nc(NC(=O)C3CC3)sc12)c1ccccc1. The van der Waals surface area contributed by atoms with Gasteiger partial charge >= 0.3 is 5.97 Å². The van der Waals surface area contributed by atoms with Crippen molar-refractivity contribution in [3.63, 3.8) is 0 Å². The summed E-state index contributed by atoms with van der Waals surface area (Å²) in [6.45, 7) is -0.0504. The Kier molecular flexibility index (Phi) is 5.57. The number of aromatic amines is 1. The highest BCUT2D eigenvalue weighted by Crippen LogP contribution is 2.34. The van der Waals surface area contributed by atoms with Gasteiger partial charge in [0, 0.05) is 17.0 Å². The van der Waals surface area contributed by atoms with Gasteiger partial charge in [-0.2, -0.15) is 5.10 Å². The van der Waals surface area contributed by atoms with Crippen LogP contribution in [0, 0.1) is 5.92 Å². The highest BCUT2D eigenvalue weighted by atomic mass is 32.1. The molecule has 9 nitrogen and oxygen atoms in total. The molecule has 0 radical (unpaired) electrons. The molecule has 0 unspecified atom stereocenters. The van der Waals surface area contributed by atoms with Crippen LogP contribution in [0.25, 0.3) is 10.3 Å². The summed E-state index contributed by atoms with van der Waals surface area (Å²) in [6.07, 6.45) is 1.80. The van der Waals surface area contributed by atoms with Crippen LogP contribution in [0.1, 0.15) is 39.1 Å². The third kappa shape index (κ3) is 4.60. The zero-order valence-corrected chi connectivity index (χ0v) is 18.1. The van der Waals surface area contributed by atoms with Crippen LogP contribution in [0.2, 0.25) is 0 Å². The standard InChI is InChI=1S/C23H19N5O4S/c29-20(13-10-11-13)26-23-25-19-17(33-23)18(27-28-19)24-21(30)16-9-5-4-8-15(16)12-32-22(31)14-6-2-1-3-7-14/h1-9,13H,10-12H2,(H3,24,25,26,27,28,29,30). The zero-order valence-electron chi connectivity index (χ0n) is 17.3. The first-order chi connectivity index (χ1) is 16.1. The Morgan fingerprint density at radius 1 is 1.03 bits per heavy atom. The Morgan fingerprint density at radius 3 is 2.58 bits per heavy atom. The number of anilines is 2. The molecule has 3 N–H and O–H groups in total. The van der Waals surface area contributed by atoms with E-state index in [0.717, 1.165) is 12.8 Å². The first-order valence-corrected chi connectivity index (χ1v) is 11.2. The molecule has 2 aromatic carbocycles. The Labute approximate surface area is 192 Å². The number of carbonyl (C=O) groups excluding carboxylic acids is 3. The summed E-state index contributed by atoms with van der Waals surface area (Å²) >= 11 is 1.24. The summed E-state index contributed by atoms with van der Waals surface area (Å²) in [5.74, 6) is -0.520. The average Bonchev–Trinajstić information content (AvgIpc) is 3.53. The second-order valence-electron chi connectivity index (χ2n) is 7.59.